The van der Waals surface area contributed by atoms with Crippen LogP contribution in [0.5, 0.6) is 0 Å². The number of amides is 1. The monoisotopic (exact) mass is 302 g/mol. The maximum Gasteiger partial charge on any atom is 0.256 e. The molecule has 0 spiro atoms. The van der Waals surface area contributed by atoms with Gasteiger partial charge in [-0.2, -0.15) is 10.4 Å². The minimum atomic E-state index is -0.273. The Bertz CT molecular complexity index is 874. The maximum atomic E-state index is 12.3. The molecule has 0 saturated heterocycles. The molecule has 0 saturated carbocycles. The van der Waals surface area contributed by atoms with Gasteiger partial charge >= 0.3 is 0 Å². The van der Waals surface area contributed by atoms with Gasteiger partial charge in [-0.3, -0.25) is 9.48 Å². The van der Waals surface area contributed by atoms with Gasteiger partial charge in [0.15, 0.2) is 0 Å². The smallest absolute Gasteiger partial charge is 0.256 e. The Morgan fingerprint density at radius 2 is 1.74 bits per heavy atom. The lowest BCUT2D eigenvalue weighted by Crippen LogP contribution is -2.15. The fourth-order valence-electron chi connectivity index (χ4n) is 2.29. The molecule has 0 unspecified atom stereocenters. The molecule has 1 N–H and O–H groups in total. The van der Waals surface area contributed by atoms with Crippen molar-refractivity contribution in [3.8, 4) is 17.2 Å². The molecular weight excluding hydrogens is 288 g/mol. The van der Waals surface area contributed by atoms with Gasteiger partial charge in [-0.15, -0.1) is 0 Å². The molecule has 3 aromatic rings. The lowest BCUT2D eigenvalue weighted by molar-refractivity contribution is 0.102. The van der Waals surface area contributed by atoms with Crippen molar-refractivity contribution in [3.05, 3.63) is 71.9 Å². The summed E-state index contributed by atoms with van der Waals surface area (Å²) in [6.07, 6.45) is 1.42. The molecule has 0 atom stereocenters. The highest BCUT2D eigenvalue weighted by molar-refractivity contribution is 6.04. The molecule has 3 rings (SSSR count). The fraction of sp³-hybridized carbons (Fsp3) is 0.0556. The summed E-state index contributed by atoms with van der Waals surface area (Å²) in [5, 5.41) is 15.7. The number of hydrogen-bond acceptors (Lipinski definition) is 3. The van der Waals surface area contributed by atoms with Crippen LogP contribution < -0.4 is 5.32 Å². The molecule has 0 fully saturated rings. The van der Waals surface area contributed by atoms with E-state index >= 15 is 0 Å². The Balaban J connectivity index is 1.81. The number of anilines is 1. The number of carbonyl (C=O) groups excluding carboxylic acids is 1. The van der Waals surface area contributed by atoms with E-state index < -0.39 is 0 Å². The highest BCUT2D eigenvalue weighted by Gasteiger charge is 2.13. The van der Waals surface area contributed by atoms with Crippen LogP contribution in [0.2, 0.25) is 0 Å². The highest BCUT2D eigenvalue weighted by Crippen LogP contribution is 2.20. The first kappa shape index (κ1) is 14.5. The summed E-state index contributed by atoms with van der Waals surface area (Å²) in [6.45, 7) is 0. The molecule has 0 aliphatic heterocycles. The largest absolute Gasteiger partial charge is 0.306 e. The van der Waals surface area contributed by atoms with E-state index in [-0.39, 0.29) is 5.91 Å². The van der Waals surface area contributed by atoms with E-state index in [1.54, 1.807) is 19.2 Å². The van der Waals surface area contributed by atoms with E-state index in [4.69, 9.17) is 5.26 Å². The van der Waals surface area contributed by atoms with Gasteiger partial charge in [0.1, 0.15) is 17.5 Å². The first-order valence-electron chi connectivity index (χ1n) is 7.08. The number of rotatable bonds is 3. The molecule has 0 radical (unpaired) electrons. The van der Waals surface area contributed by atoms with Crippen molar-refractivity contribution in [2.75, 3.05) is 5.32 Å². The standard InChI is InChI=1S/C18H14N4O/c1-22-17(16(11-19)12-20-22)21-18(23)15-9-7-14(8-10-15)13-5-3-2-4-6-13/h2-10,12H,1H3,(H,21,23). The Morgan fingerprint density at radius 3 is 2.39 bits per heavy atom. The van der Waals surface area contributed by atoms with Crippen LogP contribution in [0.3, 0.4) is 0 Å². The number of nitrogens with zero attached hydrogens (tertiary/aromatic N) is 3. The Hall–Kier alpha value is -3.39. The van der Waals surface area contributed by atoms with E-state index in [0.717, 1.165) is 11.1 Å². The van der Waals surface area contributed by atoms with Gasteiger partial charge in [-0.1, -0.05) is 42.5 Å². The van der Waals surface area contributed by atoms with Crippen LogP contribution in [-0.2, 0) is 7.05 Å². The second kappa shape index (κ2) is 6.16. The summed E-state index contributed by atoms with van der Waals surface area (Å²) in [7, 11) is 1.68. The predicted octanol–water partition coefficient (Wildman–Crippen LogP) is 3.21. The van der Waals surface area contributed by atoms with Crippen molar-refractivity contribution < 1.29 is 4.79 Å². The lowest BCUT2D eigenvalue weighted by atomic mass is 10.0. The van der Waals surface area contributed by atoms with Gasteiger partial charge in [0, 0.05) is 12.6 Å². The van der Waals surface area contributed by atoms with Crippen LogP contribution in [0, 0.1) is 11.3 Å². The van der Waals surface area contributed by atoms with Gasteiger partial charge < -0.3 is 5.32 Å². The van der Waals surface area contributed by atoms with E-state index in [9.17, 15) is 4.79 Å². The van der Waals surface area contributed by atoms with Crippen molar-refractivity contribution in [3.63, 3.8) is 0 Å². The molecule has 5 heteroatoms. The van der Waals surface area contributed by atoms with Crippen molar-refractivity contribution in [1.82, 2.24) is 9.78 Å². The molecule has 23 heavy (non-hydrogen) atoms. The quantitative estimate of drug-likeness (QED) is 0.807. The molecule has 2 aromatic carbocycles. The van der Waals surface area contributed by atoms with E-state index in [0.29, 0.717) is 16.9 Å². The van der Waals surface area contributed by atoms with Gasteiger partial charge in [-0.05, 0) is 23.3 Å². The third-order valence-corrected chi connectivity index (χ3v) is 3.55. The van der Waals surface area contributed by atoms with E-state index in [1.807, 2.05) is 48.5 Å². The molecular formula is C18H14N4O. The summed E-state index contributed by atoms with van der Waals surface area (Å²) in [5.74, 6) is 0.120. The second-order valence-corrected chi connectivity index (χ2v) is 5.04. The van der Waals surface area contributed by atoms with Crippen LogP contribution in [0.1, 0.15) is 15.9 Å². The first-order valence-corrected chi connectivity index (χ1v) is 7.08. The molecule has 112 valence electrons. The molecule has 1 amide bonds. The van der Waals surface area contributed by atoms with Crippen LogP contribution in [0.4, 0.5) is 5.82 Å². The minimum Gasteiger partial charge on any atom is -0.306 e. The molecule has 0 bridgehead atoms. The zero-order chi connectivity index (χ0) is 16.2. The summed E-state index contributed by atoms with van der Waals surface area (Å²) in [4.78, 5) is 12.3. The summed E-state index contributed by atoms with van der Waals surface area (Å²) in [5.41, 5.74) is 3.00. The van der Waals surface area contributed by atoms with Gasteiger partial charge in [-0.25, -0.2) is 0 Å². The van der Waals surface area contributed by atoms with Gasteiger partial charge in [0.2, 0.25) is 0 Å². The Kier molecular flexibility index (Phi) is 3.89. The first-order chi connectivity index (χ1) is 11.2. The van der Waals surface area contributed by atoms with Crippen molar-refractivity contribution in [1.29, 1.82) is 5.26 Å². The number of aromatic nitrogens is 2. The molecule has 1 heterocycles. The Labute approximate surface area is 133 Å². The molecule has 0 aliphatic rings. The zero-order valence-corrected chi connectivity index (χ0v) is 12.5. The minimum absolute atomic E-state index is 0.273. The lowest BCUT2D eigenvalue weighted by Gasteiger charge is -2.07. The predicted molar refractivity (Wildman–Crippen MR) is 87.8 cm³/mol. The normalized spacial score (nSPS) is 10.1. The van der Waals surface area contributed by atoms with Gasteiger partial charge in [0.25, 0.3) is 5.91 Å². The fourth-order valence-corrected chi connectivity index (χ4v) is 2.29. The Morgan fingerprint density at radius 1 is 1.09 bits per heavy atom. The molecule has 5 nitrogen and oxygen atoms in total. The third kappa shape index (κ3) is 2.97. The van der Waals surface area contributed by atoms with Crippen LogP contribution in [0.15, 0.2) is 60.8 Å². The number of nitriles is 1. The van der Waals surface area contributed by atoms with E-state index in [1.165, 1.54) is 10.9 Å². The average Bonchev–Trinajstić information content (AvgIpc) is 2.96. The van der Waals surface area contributed by atoms with Crippen molar-refractivity contribution in [2.45, 2.75) is 0 Å². The number of nitrogens with one attached hydrogen (secondary N) is 1. The average molecular weight is 302 g/mol. The molecule has 0 aliphatic carbocycles. The van der Waals surface area contributed by atoms with Crippen LogP contribution >= 0.6 is 0 Å². The van der Waals surface area contributed by atoms with Crippen LogP contribution in [-0.4, -0.2) is 15.7 Å². The molecule has 1 aromatic heterocycles. The number of aryl methyl sites for hydroxylation is 1. The number of hydrogen-bond donors (Lipinski definition) is 1. The number of benzene rings is 2. The van der Waals surface area contributed by atoms with Gasteiger partial charge in [0.05, 0.1) is 6.20 Å². The SMILES string of the molecule is Cn1ncc(C#N)c1NC(=O)c1ccc(-c2ccccc2)cc1. The number of carbonyl (C=O) groups is 1. The van der Waals surface area contributed by atoms with Crippen molar-refractivity contribution in [2.24, 2.45) is 7.05 Å². The maximum absolute atomic E-state index is 12.3. The summed E-state index contributed by atoms with van der Waals surface area (Å²) in [6, 6.07) is 19.3. The van der Waals surface area contributed by atoms with Crippen LogP contribution in [0.25, 0.3) is 11.1 Å². The third-order valence-electron chi connectivity index (χ3n) is 3.55. The summed E-state index contributed by atoms with van der Waals surface area (Å²) < 4.78 is 1.47. The highest BCUT2D eigenvalue weighted by atomic mass is 16.1. The summed E-state index contributed by atoms with van der Waals surface area (Å²) >= 11 is 0. The second-order valence-electron chi connectivity index (χ2n) is 5.04. The topological polar surface area (TPSA) is 70.7 Å². The van der Waals surface area contributed by atoms with Crippen molar-refractivity contribution >= 4 is 11.7 Å². The zero-order valence-electron chi connectivity index (χ0n) is 12.5. The van der Waals surface area contributed by atoms with E-state index in [2.05, 4.69) is 10.4 Å².